The number of aromatic nitrogens is 2. The molecule has 1 aromatic heterocycles. The molecule has 1 aliphatic heterocycles. The highest BCUT2D eigenvalue weighted by atomic mass is 19.1. The molecule has 7 heteroatoms. The average molecular weight is 316 g/mol. The van der Waals surface area contributed by atoms with Gasteiger partial charge in [-0.05, 0) is 39.8 Å². The van der Waals surface area contributed by atoms with E-state index in [0.717, 1.165) is 0 Å². The maximum atomic E-state index is 14.4. The Morgan fingerprint density at radius 1 is 1.04 bits per heavy atom. The standard InChI is InChI=1S/C16H18BFN2O3/c1-15(2)16(3,4)23-17(22-15)12-7-6-11(10-13(12)18)21-14-19-8-5-9-20-14/h5-10H,1-4H3. The van der Waals surface area contributed by atoms with E-state index in [2.05, 4.69) is 9.97 Å². The van der Waals surface area contributed by atoms with Crippen molar-refractivity contribution in [2.24, 2.45) is 0 Å². The molecule has 1 saturated heterocycles. The first kappa shape index (κ1) is 15.9. The Balaban J connectivity index is 1.81. The second-order valence-corrected chi connectivity index (χ2v) is 6.40. The summed E-state index contributed by atoms with van der Waals surface area (Å²) in [6.07, 6.45) is 3.11. The van der Waals surface area contributed by atoms with Crippen LogP contribution in [0.25, 0.3) is 0 Å². The van der Waals surface area contributed by atoms with Gasteiger partial charge in [-0.2, -0.15) is 0 Å². The topological polar surface area (TPSA) is 53.5 Å². The summed E-state index contributed by atoms with van der Waals surface area (Å²) in [6, 6.07) is 6.34. The van der Waals surface area contributed by atoms with Gasteiger partial charge in [-0.3, -0.25) is 0 Å². The monoisotopic (exact) mass is 316 g/mol. The minimum atomic E-state index is -0.748. The minimum absolute atomic E-state index is 0.162. The molecule has 0 saturated carbocycles. The molecule has 0 N–H and O–H groups in total. The van der Waals surface area contributed by atoms with Gasteiger partial charge in [-0.15, -0.1) is 0 Å². The van der Waals surface area contributed by atoms with Gasteiger partial charge in [0.2, 0.25) is 0 Å². The zero-order valence-corrected chi connectivity index (χ0v) is 13.5. The quantitative estimate of drug-likeness (QED) is 0.815. The van der Waals surface area contributed by atoms with Gasteiger partial charge in [0.05, 0.1) is 11.2 Å². The predicted octanol–water partition coefficient (Wildman–Crippen LogP) is 2.71. The van der Waals surface area contributed by atoms with Crippen molar-refractivity contribution < 1.29 is 18.4 Å². The van der Waals surface area contributed by atoms with Gasteiger partial charge in [0.15, 0.2) is 0 Å². The van der Waals surface area contributed by atoms with Crippen LogP contribution in [0.15, 0.2) is 36.7 Å². The smallest absolute Gasteiger partial charge is 0.424 e. The lowest BCUT2D eigenvalue weighted by atomic mass is 9.78. The normalized spacial score (nSPS) is 18.9. The van der Waals surface area contributed by atoms with E-state index in [1.165, 1.54) is 6.07 Å². The van der Waals surface area contributed by atoms with Crippen molar-refractivity contribution in [3.8, 4) is 11.8 Å². The molecule has 0 spiro atoms. The summed E-state index contributed by atoms with van der Waals surface area (Å²) in [5, 5.41) is 0. The predicted molar refractivity (Wildman–Crippen MR) is 84.2 cm³/mol. The second-order valence-electron chi connectivity index (χ2n) is 6.40. The van der Waals surface area contributed by atoms with Crippen molar-refractivity contribution in [2.45, 2.75) is 38.9 Å². The van der Waals surface area contributed by atoms with E-state index in [9.17, 15) is 4.39 Å². The molecule has 1 aromatic carbocycles. The molecule has 0 bridgehead atoms. The van der Waals surface area contributed by atoms with Crippen LogP contribution in [0.5, 0.6) is 11.8 Å². The third-order valence-electron chi connectivity index (χ3n) is 4.23. The SMILES string of the molecule is CC1(C)OB(c2ccc(Oc3ncccn3)cc2F)OC1(C)C. The van der Waals surface area contributed by atoms with Crippen LogP contribution in [0.2, 0.25) is 0 Å². The highest BCUT2D eigenvalue weighted by Gasteiger charge is 2.52. The van der Waals surface area contributed by atoms with Crippen LogP contribution in [0, 0.1) is 5.82 Å². The molecule has 2 heterocycles. The summed E-state index contributed by atoms with van der Waals surface area (Å²) >= 11 is 0. The Bertz CT molecular complexity index is 694. The highest BCUT2D eigenvalue weighted by Crippen LogP contribution is 2.36. The molecule has 1 fully saturated rings. The van der Waals surface area contributed by atoms with Crippen molar-refractivity contribution in [2.75, 3.05) is 0 Å². The van der Waals surface area contributed by atoms with Crippen molar-refractivity contribution in [3.05, 3.63) is 42.5 Å². The number of nitrogens with zero attached hydrogens (tertiary/aromatic N) is 2. The lowest BCUT2D eigenvalue weighted by Gasteiger charge is -2.32. The average Bonchev–Trinajstić information content (AvgIpc) is 2.68. The summed E-state index contributed by atoms with van der Waals surface area (Å²) in [5.41, 5.74) is -0.695. The van der Waals surface area contributed by atoms with Crippen molar-refractivity contribution in [1.29, 1.82) is 0 Å². The molecule has 23 heavy (non-hydrogen) atoms. The van der Waals surface area contributed by atoms with Crippen LogP contribution in [0.1, 0.15) is 27.7 Å². The van der Waals surface area contributed by atoms with Crippen LogP contribution in [-0.2, 0) is 9.31 Å². The molecule has 3 rings (SSSR count). The number of rotatable bonds is 3. The summed E-state index contributed by atoms with van der Waals surface area (Å²) in [5.74, 6) is -0.147. The number of hydrogen-bond acceptors (Lipinski definition) is 5. The molecular formula is C16H18BFN2O3. The van der Waals surface area contributed by atoms with E-state index in [-0.39, 0.29) is 6.01 Å². The van der Waals surface area contributed by atoms with E-state index in [0.29, 0.717) is 11.2 Å². The third kappa shape index (κ3) is 3.07. The first-order chi connectivity index (χ1) is 10.8. The maximum Gasteiger partial charge on any atom is 0.497 e. The molecule has 2 aromatic rings. The largest absolute Gasteiger partial charge is 0.497 e. The minimum Gasteiger partial charge on any atom is -0.424 e. The molecule has 0 aliphatic carbocycles. The Kier molecular flexibility index (Phi) is 3.86. The van der Waals surface area contributed by atoms with Gasteiger partial charge in [0.1, 0.15) is 11.6 Å². The van der Waals surface area contributed by atoms with Gasteiger partial charge in [0, 0.05) is 23.9 Å². The van der Waals surface area contributed by atoms with Gasteiger partial charge < -0.3 is 14.0 Å². The van der Waals surface area contributed by atoms with Crippen molar-refractivity contribution in [1.82, 2.24) is 9.97 Å². The van der Waals surface area contributed by atoms with E-state index < -0.39 is 24.1 Å². The van der Waals surface area contributed by atoms with Crippen LogP contribution < -0.4 is 10.2 Å². The lowest BCUT2D eigenvalue weighted by molar-refractivity contribution is 0.00578. The molecule has 120 valence electrons. The molecule has 0 radical (unpaired) electrons. The van der Waals surface area contributed by atoms with E-state index >= 15 is 0 Å². The van der Waals surface area contributed by atoms with Crippen LogP contribution in [0.3, 0.4) is 0 Å². The zero-order chi connectivity index (χ0) is 16.7. The molecule has 0 amide bonds. The molecule has 0 atom stereocenters. The molecular weight excluding hydrogens is 298 g/mol. The summed E-state index contributed by atoms with van der Waals surface area (Å²) in [7, 11) is -0.748. The fourth-order valence-corrected chi connectivity index (χ4v) is 2.18. The summed E-state index contributed by atoms with van der Waals surface area (Å²) in [4.78, 5) is 7.87. The van der Waals surface area contributed by atoms with Gasteiger partial charge in [0.25, 0.3) is 0 Å². The van der Waals surface area contributed by atoms with Crippen molar-refractivity contribution in [3.63, 3.8) is 0 Å². The Morgan fingerprint density at radius 3 is 2.22 bits per heavy atom. The van der Waals surface area contributed by atoms with E-state index in [1.807, 2.05) is 27.7 Å². The number of ether oxygens (including phenoxy) is 1. The maximum absolute atomic E-state index is 14.4. The highest BCUT2D eigenvalue weighted by molar-refractivity contribution is 6.62. The molecule has 0 unspecified atom stereocenters. The van der Waals surface area contributed by atoms with Crippen LogP contribution in [0.4, 0.5) is 4.39 Å². The van der Waals surface area contributed by atoms with Crippen LogP contribution in [-0.4, -0.2) is 28.3 Å². The molecule has 1 aliphatic rings. The first-order valence-corrected chi connectivity index (χ1v) is 7.38. The van der Waals surface area contributed by atoms with Gasteiger partial charge in [-0.1, -0.05) is 6.07 Å². The number of halogens is 1. The zero-order valence-electron chi connectivity index (χ0n) is 13.5. The Labute approximate surface area is 135 Å². The number of hydrogen-bond donors (Lipinski definition) is 0. The second kappa shape index (κ2) is 5.58. The fraction of sp³-hybridized carbons (Fsp3) is 0.375. The summed E-state index contributed by atoms with van der Waals surface area (Å²) < 4.78 is 31.6. The van der Waals surface area contributed by atoms with Gasteiger partial charge in [-0.25, -0.2) is 14.4 Å². The van der Waals surface area contributed by atoms with E-state index in [1.54, 1.807) is 30.6 Å². The van der Waals surface area contributed by atoms with Crippen molar-refractivity contribution >= 4 is 12.6 Å². The van der Waals surface area contributed by atoms with E-state index in [4.69, 9.17) is 14.0 Å². The Hall–Kier alpha value is -1.99. The third-order valence-corrected chi connectivity index (χ3v) is 4.23. The first-order valence-electron chi connectivity index (χ1n) is 7.38. The fourth-order valence-electron chi connectivity index (χ4n) is 2.18. The van der Waals surface area contributed by atoms with Gasteiger partial charge >= 0.3 is 13.1 Å². The van der Waals surface area contributed by atoms with Crippen LogP contribution >= 0.6 is 0 Å². The lowest BCUT2D eigenvalue weighted by Crippen LogP contribution is -2.41. The number of benzene rings is 1. The summed E-state index contributed by atoms with van der Waals surface area (Å²) in [6.45, 7) is 7.70. The molecule has 5 nitrogen and oxygen atoms in total. The Morgan fingerprint density at radius 2 is 1.65 bits per heavy atom.